The Morgan fingerprint density at radius 2 is 0.558 bits per heavy atom. The number of benzene rings is 10. The average Bonchev–Trinajstić information content (AvgIpc) is 1.68. The molecule has 15 nitrogen and oxygen atoms in total. The summed E-state index contributed by atoms with van der Waals surface area (Å²) in [7, 11) is 0. The number of anilines is 1. The standard InChI is InChI=1S/C15H13NO3.C15H12O3.2C15H14O.2C10H10O3/c1-11(17)12-6-5-9-14(10-12)19-15(18)16-13-7-3-2-4-8-13;1-11(16)12-7-9-14(10-8-12)18-15(17)13-5-3-2-4-6-13;1-12(16)15-9-5-8-14(11-15)10-13-6-3-2-4-7-13;1-12(16)15-9-7-14(8-10-15)11-13-5-3-2-4-6-13;1-7(11)9-3-5-10(6-4-9)13-8(2)12;1-7(11)9-4-3-5-10(6-9)13-8(2)12/h2-10H,1H3,(H,16,18);2-10H,1H3;2-9,11H,10H2,1H3;2-10H,11H2,1H3;2*3-6H,1-2H3. The summed E-state index contributed by atoms with van der Waals surface area (Å²) in [6, 6.07) is 79.9. The van der Waals surface area contributed by atoms with E-state index in [2.05, 4.69) is 35.6 Å². The predicted molar refractivity (Wildman–Crippen MR) is 367 cm³/mol. The van der Waals surface area contributed by atoms with Crippen LogP contribution in [0.4, 0.5) is 10.5 Å². The van der Waals surface area contributed by atoms with Gasteiger partial charge in [0.2, 0.25) is 0 Å². The third-order valence-corrected chi connectivity index (χ3v) is 13.2. The molecule has 10 rings (SSSR count). The highest BCUT2D eigenvalue weighted by atomic mass is 16.6. The van der Waals surface area contributed by atoms with Crippen molar-refractivity contribution < 1.29 is 66.9 Å². The molecule has 95 heavy (non-hydrogen) atoms. The van der Waals surface area contributed by atoms with Gasteiger partial charge in [-0.2, -0.15) is 0 Å². The van der Waals surface area contributed by atoms with Gasteiger partial charge in [0.05, 0.1) is 5.56 Å². The van der Waals surface area contributed by atoms with Crippen LogP contribution in [0.3, 0.4) is 0 Å². The van der Waals surface area contributed by atoms with Gasteiger partial charge in [0.15, 0.2) is 34.7 Å². The minimum Gasteiger partial charge on any atom is -0.427 e. The topological polar surface area (TPSA) is 220 Å². The maximum Gasteiger partial charge on any atom is 0.417 e. The Morgan fingerprint density at radius 1 is 0.253 bits per heavy atom. The number of amides is 1. The zero-order valence-electron chi connectivity index (χ0n) is 54.0. The van der Waals surface area contributed by atoms with Gasteiger partial charge < -0.3 is 18.9 Å². The first kappa shape index (κ1) is 73.6. The SMILES string of the molecule is CC(=O)Oc1ccc(C(C)=O)cc1.CC(=O)Oc1cccc(C(C)=O)c1.CC(=O)c1ccc(Cc2ccccc2)cc1.CC(=O)c1ccc(OC(=O)c2ccccc2)cc1.CC(=O)c1cccc(Cc2ccccc2)c1.CC(=O)c1cccc(OC(=O)Nc2ccccc2)c1. The number of carbonyl (C=O) groups excluding carboxylic acids is 10. The van der Waals surface area contributed by atoms with Crippen LogP contribution in [-0.4, -0.2) is 58.7 Å². The number of para-hydroxylation sites is 1. The van der Waals surface area contributed by atoms with E-state index in [1.54, 1.807) is 141 Å². The highest BCUT2D eigenvalue weighted by molar-refractivity contribution is 5.97. The second-order valence-electron chi connectivity index (χ2n) is 21.0. The largest absolute Gasteiger partial charge is 0.427 e. The van der Waals surface area contributed by atoms with Gasteiger partial charge in [-0.3, -0.25) is 43.7 Å². The summed E-state index contributed by atoms with van der Waals surface area (Å²) in [6.07, 6.45) is 1.20. The zero-order valence-corrected chi connectivity index (χ0v) is 54.0. The van der Waals surface area contributed by atoms with E-state index in [1.807, 2.05) is 103 Å². The van der Waals surface area contributed by atoms with Crippen LogP contribution in [0, 0.1) is 0 Å². The summed E-state index contributed by atoms with van der Waals surface area (Å²) in [5.41, 5.74) is 9.92. The maximum absolute atomic E-state index is 11.7. The van der Waals surface area contributed by atoms with Crippen LogP contribution in [0.25, 0.3) is 0 Å². The molecule has 0 aliphatic carbocycles. The Labute approximate surface area is 553 Å². The first-order chi connectivity index (χ1) is 45.5. The van der Waals surface area contributed by atoms with Gasteiger partial charge in [-0.1, -0.05) is 164 Å². The molecule has 0 bridgehead atoms. The van der Waals surface area contributed by atoms with Crippen molar-refractivity contribution in [2.45, 2.75) is 68.2 Å². The summed E-state index contributed by atoms with van der Waals surface area (Å²) in [4.78, 5) is 111. The Morgan fingerprint density at radius 3 is 0.968 bits per heavy atom. The lowest BCUT2D eigenvalue weighted by Crippen LogP contribution is -2.16. The Hall–Kier alpha value is -12.1. The quantitative estimate of drug-likeness (QED) is 0.0540. The van der Waals surface area contributed by atoms with Crippen molar-refractivity contribution in [3.8, 4) is 23.0 Å². The molecule has 1 amide bonds. The molecule has 15 heteroatoms. The van der Waals surface area contributed by atoms with E-state index in [0.717, 1.165) is 24.0 Å². The summed E-state index contributed by atoms with van der Waals surface area (Å²) in [5.74, 6) is 0.546. The fraction of sp³-hybridized carbons (Fsp3) is 0.125. The van der Waals surface area contributed by atoms with Gasteiger partial charge >= 0.3 is 24.0 Å². The lowest BCUT2D eigenvalue weighted by atomic mass is 10.0. The van der Waals surface area contributed by atoms with Crippen LogP contribution in [0.1, 0.15) is 150 Å². The third kappa shape index (κ3) is 28.3. The summed E-state index contributed by atoms with van der Waals surface area (Å²) < 4.78 is 19.9. The molecule has 1 N–H and O–H groups in total. The highest BCUT2D eigenvalue weighted by Gasteiger charge is 2.11. The Balaban J connectivity index is 0.000000207. The van der Waals surface area contributed by atoms with Gasteiger partial charge in [0, 0.05) is 52.9 Å². The monoisotopic (exact) mass is 1270 g/mol. The van der Waals surface area contributed by atoms with Crippen LogP contribution in [0.15, 0.2) is 267 Å². The molecule has 0 aromatic heterocycles. The second-order valence-corrected chi connectivity index (χ2v) is 21.0. The fourth-order valence-electron chi connectivity index (χ4n) is 8.34. The smallest absolute Gasteiger partial charge is 0.417 e. The minimum absolute atomic E-state index is 0.00521. The van der Waals surface area contributed by atoms with Crippen LogP contribution in [0.5, 0.6) is 23.0 Å². The molecule has 0 heterocycles. The van der Waals surface area contributed by atoms with Crippen molar-refractivity contribution in [3.63, 3.8) is 0 Å². The van der Waals surface area contributed by atoms with Gasteiger partial charge in [0.25, 0.3) is 0 Å². The number of nitrogens with one attached hydrogen (secondary N) is 1. The van der Waals surface area contributed by atoms with Crippen LogP contribution < -0.4 is 24.3 Å². The normalized spacial score (nSPS) is 9.77. The van der Waals surface area contributed by atoms with Crippen LogP contribution >= 0.6 is 0 Å². The molecule has 0 aliphatic heterocycles. The molecule has 482 valence electrons. The van der Waals surface area contributed by atoms with Crippen molar-refractivity contribution in [2.24, 2.45) is 0 Å². The van der Waals surface area contributed by atoms with Crippen LogP contribution in [0.2, 0.25) is 0 Å². The minimum atomic E-state index is -0.591. The van der Waals surface area contributed by atoms with Crippen molar-refractivity contribution in [2.75, 3.05) is 5.32 Å². The first-order valence-electron chi connectivity index (χ1n) is 29.9. The number of ketones is 6. The van der Waals surface area contributed by atoms with Gasteiger partial charge in [-0.15, -0.1) is 0 Å². The number of hydrogen-bond acceptors (Lipinski definition) is 14. The van der Waals surface area contributed by atoms with Crippen LogP contribution in [-0.2, 0) is 22.4 Å². The average molecular weight is 1270 g/mol. The van der Waals surface area contributed by atoms with Crippen molar-refractivity contribution >= 4 is 64.4 Å². The van der Waals surface area contributed by atoms with Gasteiger partial charge in [0.1, 0.15) is 23.0 Å². The van der Waals surface area contributed by atoms with E-state index >= 15 is 0 Å². The van der Waals surface area contributed by atoms with E-state index in [-0.39, 0.29) is 46.6 Å². The molecular weight excluding hydrogens is 1200 g/mol. The predicted octanol–water partition coefficient (Wildman–Crippen LogP) is 17.2. The maximum atomic E-state index is 11.7. The Kier molecular flexibility index (Phi) is 30.4. The number of esters is 3. The molecule has 0 aliphatic rings. The van der Waals surface area contributed by atoms with Gasteiger partial charge in [-0.25, -0.2) is 9.59 Å². The van der Waals surface area contributed by atoms with E-state index < -0.39 is 12.1 Å². The summed E-state index contributed by atoms with van der Waals surface area (Å²) >= 11 is 0. The number of rotatable bonds is 16. The van der Waals surface area contributed by atoms with Crippen molar-refractivity contribution in [1.82, 2.24) is 0 Å². The summed E-state index contributed by atoms with van der Waals surface area (Å²) in [6.45, 7) is 11.7. The summed E-state index contributed by atoms with van der Waals surface area (Å²) in [5, 5.41) is 2.59. The lowest BCUT2D eigenvalue weighted by molar-refractivity contribution is -0.132. The van der Waals surface area contributed by atoms with E-state index in [4.69, 9.17) is 18.9 Å². The Bertz CT molecular complexity index is 4170. The first-order valence-corrected chi connectivity index (χ1v) is 29.9. The number of hydrogen-bond donors (Lipinski definition) is 1. The van der Waals surface area contributed by atoms with E-state index in [1.165, 1.54) is 69.9 Å². The molecule has 0 atom stereocenters. The highest BCUT2D eigenvalue weighted by Crippen LogP contribution is 2.19. The fourth-order valence-corrected chi connectivity index (χ4v) is 8.34. The van der Waals surface area contributed by atoms with Gasteiger partial charge in [-0.05, 0) is 180 Å². The second kappa shape index (κ2) is 39.2. The van der Waals surface area contributed by atoms with E-state index in [0.29, 0.717) is 56.5 Å². The molecule has 0 unspecified atom stereocenters. The number of carbonyl (C=O) groups is 10. The molecule has 0 radical (unpaired) electrons. The molecule has 10 aromatic rings. The lowest BCUT2D eigenvalue weighted by Gasteiger charge is -2.07. The molecule has 0 saturated heterocycles. The molecule has 10 aromatic carbocycles. The van der Waals surface area contributed by atoms with Crippen molar-refractivity contribution in [1.29, 1.82) is 0 Å². The zero-order chi connectivity index (χ0) is 69.1. The van der Waals surface area contributed by atoms with Crippen molar-refractivity contribution in [3.05, 3.63) is 328 Å². The third-order valence-electron chi connectivity index (χ3n) is 13.2. The molecule has 0 spiro atoms. The molecule has 0 fully saturated rings. The molecular formula is C80H73NO14. The number of Topliss-reactive ketones (excluding diaryl/α,β-unsaturated/α-hetero) is 6. The van der Waals surface area contributed by atoms with E-state index in [9.17, 15) is 47.9 Å². The molecule has 0 saturated carbocycles. The number of ether oxygens (including phenoxy) is 4.